The fourth-order valence-corrected chi connectivity index (χ4v) is 2.43. The van der Waals surface area contributed by atoms with Crippen molar-refractivity contribution in [2.45, 2.75) is 39.8 Å². The molecule has 0 amide bonds. The number of rotatable bonds is 5. The molecule has 1 aliphatic heterocycles. The second kappa shape index (κ2) is 6.28. The average Bonchev–Trinajstić information content (AvgIpc) is 2.43. The van der Waals surface area contributed by atoms with Crippen molar-refractivity contribution in [2.24, 2.45) is 5.92 Å². The second-order valence-corrected chi connectivity index (χ2v) is 5.21. The highest BCUT2D eigenvalue weighted by molar-refractivity contribution is 5.87. The first kappa shape index (κ1) is 14.9. The predicted molar refractivity (Wildman–Crippen MR) is 73.6 cm³/mol. The maximum absolute atomic E-state index is 11.4. The van der Waals surface area contributed by atoms with Crippen LogP contribution in [0, 0.1) is 5.92 Å². The van der Waals surface area contributed by atoms with E-state index in [4.69, 9.17) is 4.74 Å². The standard InChI is InChI=1S/C14H21N3O3/c1-4-20-12(8(2)3)13-16-10-7-15-6-5-9(10)11(17-13)14(18)19/h8,12,15H,4-7H2,1-3H3,(H,18,19). The Labute approximate surface area is 118 Å². The molecule has 0 spiro atoms. The maximum atomic E-state index is 11.4. The Hall–Kier alpha value is -1.53. The number of ether oxygens (including phenoxy) is 1. The minimum absolute atomic E-state index is 0.122. The third kappa shape index (κ3) is 2.96. The zero-order chi connectivity index (χ0) is 14.7. The van der Waals surface area contributed by atoms with Crippen molar-refractivity contribution in [1.29, 1.82) is 0 Å². The summed E-state index contributed by atoms with van der Waals surface area (Å²) < 4.78 is 5.68. The maximum Gasteiger partial charge on any atom is 0.354 e. The lowest BCUT2D eigenvalue weighted by Gasteiger charge is -2.23. The number of carboxylic acid groups (broad SMARTS) is 1. The van der Waals surface area contributed by atoms with Gasteiger partial charge in [-0.1, -0.05) is 13.8 Å². The lowest BCUT2D eigenvalue weighted by atomic mass is 10.0. The van der Waals surface area contributed by atoms with Crippen LogP contribution in [0.1, 0.15) is 54.4 Å². The number of carbonyl (C=O) groups is 1. The fourth-order valence-electron chi connectivity index (χ4n) is 2.43. The van der Waals surface area contributed by atoms with Gasteiger partial charge in [0.2, 0.25) is 0 Å². The third-order valence-electron chi connectivity index (χ3n) is 3.36. The molecule has 1 aromatic heterocycles. The summed E-state index contributed by atoms with van der Waals surface area (Å²) in [5.74, 6) is -0.335. The number of hydrogen-bond acceptors (Lipinski definition) is 5. The van der Waals surface area contributed by atoms with Crippen LogP contribution in [-0.2, 0) is 17.7 Å². The number of nitrogens with zero attached hydrogens (tertiary/aromatic N) is 2. The minimum Gasteiger partial charge on any atom is -0.477 e. The van der Waals surface area contributed by atoms with Crippen LogP contribution >= 0.6 is 0 Å². The van der Waals surface area contributed by atoms with Gasteiger partial charge in [0.1, 0.15) is 6.10 Å². The number of aromatic carboxylic acids is 1. The molecular formula is C14H21N3O3. The molecule has 0 aliphatic carbocycles. The van der Waals surface area contributed by atoms with Crippen molar-refractivity contribution in [3.63, 3.8) is 0 Å². The van der Waals surface area contributed by atoms with Crippen molar-refractivity contribution in [3.05, 3.63) is 22.8 Å². The van der Waals surface area contributed by atoms with Crippen molar-refractivity contribution in [3.8, 4) is 0 Å². The number of fused-ring (bicyclic) bond motifs is 1. The molecular weight excluding hydrogens is 258 g/mol. The fraction of sp³-hybridized carbons (Fsp3) is 0.643. The van der Waals surface area contributed by atoms with Gasteiger partial charge < -0.3 is 15.2 Å². The van der Waals surface area contributed by atoms with E-state index in [0.717, 1.165) is 17.8 Å². The molecule has 0 radical (unpaired) electrons. The molecule has 1 aromatic rings. The van der Waals surface area contributed by atoms with Crippen molar-refractivity contribution in [2.75, 3.05) is 13.2 Å². The lowest BCUT2D eigenvalue weighted by molar-refractivity contribution is 0.0226. The van der Waals surface area contributed by atoms with E-state index in [1.807, 2.05) is 20.8 Å². The molecule has 2 N–H and O–H groups in total. The highest BCUT2D eigenvalue weighted by Gasteiger charge is 2.26. The third-order valence-corrected chi connectivity index (χ3v) is 3.36. The molecule has 0 bridgehead atoms. The van der Waals surface area contributed by atoms with E-state index < -0.39 is 5.97 Å². The molecule has 2 rings (SSSR count). The van der Waals surface area contributed by atoms with Crippen LogP contribution in [-0.4, -0.2) is 34.2 Å². The van der Waals surface area contributed by atoms with Crippen LogP contribution in [0.4, 0.5) is 0 Å². The van der Waals surface area contributed by atoms with Crippen molar-refractivity contribution in [1.82, 2.24) is 15.3 Å². The predicted octanol–water partition coefficient (Wildman–Crippen LogP) is 1.55. The Bertz CT molecular complexity index is 503. The molecule has 0 aromatic carbocycles. The van der Waals surface area contributed by atoms with Gasteiger partial charge in [-0.15, -0.1) is 0 Å². The molecule has 1 atom stereocenters. The van der Waals surface area contributed by atoms with E-state index >= 15 is 0 Å². The summed E-state index contributed by atoms with van der Waals surface area (Å²) in [5.41, 5.74) is 1.65. The Balaban J connectivity index is 2.48. The van der Waals surface area contributed by atoms with Crippen LogP contribution in [0.5, 0.6) is 0 Å². The summed E-state index contributed by atoms with van der Waals surface area (Å²) in [6.45, 7) is 7.83. The highest BCUT2D eigenvalue weighted by Crippen LogP contribution is 2.25. The smallest absolute Gasteiger partial charge is 0.354 e. The number of nitrogens with one attached hydrogen (secondary N) is 1. The molecule has 6 heteroatoms. The zero-order valence-corrected chi connectivity index (χ0v) is 12.1. The molecule has 1 unspecified atom stereocenters. The summed E-state index contributed by atoms with van der Waals surface area (Å²) >= 11 is 0. The van der Waals surface area contributed by atoms with E-state index in [1.165, 1.54) is 0 Å². The van der Waals surface area contributed by atoms with E-state index in [0.29, 0.717) is 25.4 Å². The summed E-state index contributed by atoms with van der Waals surface area (Å²) in [6.07, 6.45) is 0.378. The molecule has 1 aliphatic rings. The Morgan fingerprint density at radius 1 is 1.45 bits per heavy atom. The monoisotopic (exact) mass is 279 g/mol. The van der Waals surface area contributed by atoms with Crippen molar-refractivity contribution < 1.29 is 14.6 Å². The summed E-state index contributed by atoms with van der Waals surface area (Å²) in [4.78, 5) is 20.2. The first-order valence-corrected chi connectivity index (χ1v) is 6.99. The van der Waals surface area contributed by atoms with Gasteiger partial charge in [-0.05, 0) is 25.8 Å². The molecule has 20 heavy (non-hydrogen) atoms. The minimum atomic E-state index is -0.995. The zero-order valence-electron chi connectivity index (χ0n) is 12.1. The Morgan fingerprint density at radius 3 is 2.80 bits per heavy atom. The van der Waals surface area contributed by atoms with E-state index in [9.17, 15) is 9.90 Å². The van der Waals surface area contributed by atoms with Gasteiger partial charge in [-0.25, -0.2) is 14.8 Å². The van der Waals surface area contributed by atoms with Gasteiger partial charge in [-0.2, -0.15) is 0 Å². The quantitative estimate of drug-likeness (QED) is 0.850. The molecule has 0 saturated heterocycles. The number of hydrogen-bond donors (Lipinski definition) is 2. The Kier molecular flexibility index (Phi) is 4.67. The average molecular weight is 279 g/mol. The molecule has 0 saturated carbocycles. The number of carboxylic acids is 1. The van der Waals surface area contributed by atoms with Crippen LogP contribution in [0.25, 0.3) is 0 Å². The SMILES string of the molecule is CCOC(c1nc2c(c(C(=O)O)n1)CCNC2)C(C)C. The summed E-state index contributed by atoms with van der Waals surface area (Å²) in [7, 11) is 0. The van der Waals surface area contributed by atoms with Crippen LogP contribution in [0.15, 0.2) is 0 Å². The molecule has 110 valence electrons. The first-order chi connectivity index (χ1) is 9.54. The van der Waals surface area contributed by atoms with Gasteiger partial charge in [0.15, 0.2) is 11.5 Å². The lowest BCUT2D eigenvalue weighted by Crippen LogP contribution is -2.29. The van der Waals surface area contributed by atoms with Gasteiger partial charge in [0.25, 0.3) is 0 Å². The highest BCUT2D eigenvalue weighted by atomic mass is 16.5. The summed E-state index contributed by atoms with van der Waals surface area (Å²) in [5, 5.41) is 12.6. The van der Waals surface area contributed by atoms with Gasteiger partial charge >= 0.3 is 5.97 Å². The van der Waals surface area contributed by atoms with Crippen LogP contribution in [0.3, 0.4) is 0 Å². The van der Waals surface area contributed by atoms with Gasteiger partial charge in [-0.3, -0.25) is 0 Å². The number of aromatic nitrogens is 2. The van der Waals surface area contributed by atoms with E-state index in [2.05, 4.69) is 15.3 Å². The molecule has 2 heterocycles. The summed E-state index contributed by atoms with van der Waals surface area (Å²) in [6, 6.07) is 0. The van der Waals surface area contributed by atoms with Crippen LogP contribution in [0.2, 0.25) is 0 Å². The van der Waals surface area contributed by atoms with Crippen molar-refractivity contribution >= 4 is 5.97 Å². The second-order valence-electron chi connectivity index (χ2n) is 5.21. The normalized spacial score (nSPS) is 16.0. The van der Waals surface area contributed by atoms with Gasteiger partial charge in [0, 0.05) is 18.7 Å². The van der Waals surface area contributed by atoms with Gasteiger partial charge in [0.05, 0.1) is 5.69 Å². The Morgan fingerprint density at radius 2 is 2.20 bits per heavy atom. The molecule has 6 nitrogen and oxygen atoms in total. The van der Waals surface area contributed by atoms with Crippen LogP contribution < -0.4 is 5.32 Å². The first-order valence-electron chi connectivity index (χ1n) is 6.99. The van der Waals surface area contributed by atoms with E-state index in [-0.39, 0.29) is 17.7 Å². The largest absolute Gasteiger partial charge is 0.477 e. The molecule has 0 fully saturated rings. The topological polar surface area (TPSA) is 84.3 Å². The van der Waals surface area contributed by atoms with E-state index in [1.54, 1.807) is 0 Å².